The zero-order chi connectivity index (χ0) is 10.6. The highest BCUT2D eigenvalue weighted by molar-refractivity contribution is 4.92. The Morgan fingerprint density at radius 2 is 2.36 bits per heavy atom. The Morgan fingerprint density at radius 3 is 2.93 bits per heavy atom. The predicted molar refractivity (Wildman–Crippen MR) is 51.8 cm³/mol. The number of aliphatic hydroxyl groups is 1. The van der Waals surface area contributed by atoms with Gasteiger partial charge < -0.3 is 9.84 Å². The van der Waals surface area contributed by atoms with Crippen molar-refractivity contribution in [1.82, 2.24) is 14.8 Å². The fourth-order valence-corrected chi connectivity index (χ4v) is 0.902. The molecule has 0 spiro atoms. The maximum absolute atomic E-state index is 8.47. The van der Waals surface area contributed by atoms with Crippen LogP contribution in [0.1, 0.15) is 19.7 Å². The van der Waals surface area contributed by atoms with Gasteiger partial charge in [-0.3, -0.25) is 0 Å². The summed E-state index contributed by atoms with van der Waals surface area (Å²) in [6.07, 6.45) is 4.70. The molecule has 0 aromatic carbocycles. The lowest BCUT2D eigenvalue weighted by Gasteiger charge is -2.22. The minimum atomic E-state index is -0.492. The standard InChI is InChI=1S/C9H15N3O2/c1-9(2,14-3)12-7-10-8(11-12)5-4-6-13/h4,6-7,13H,5H2,1-3H3. The highest BCUT2D eigenvalue weighted by atomic mass is 16.5. The zero-order valence-corrected chi connectivity index (χ0v) is 8.64. The van der Waals surface area contributed by atoms with Crippen molar-refractivity contribution in [3.05, 3.63) is 24.5 Å². The van der Waals surface area contributed by atoms with E-state index in [4.69, 9.17) is 9.84 Å². The molecule has 14 heavy (non-hydrogen) atoms. The van der Waals surface area contributed by atoms with E-state index in [1.54, 1.807) is 24.2 Å². The van der Waals surface area contributed by atoms with Gasteiger partial charge in [-0.2, -0.15) is 5.10 Å². The van der Waals surface area contributed by atoms with Crippen molar-refractivity contribution >= 4 is 0 Å². The second-order valence-electron chi connectivity index (χ2n) is 3.35. The summed E-state index contributed by atoms with van der Waals surface area (Å²) in [7, 11) is 1.62. The van der Waals surface area contributed by atoms with Crippen molar-refractivity contribution in [2.24, 2.45) is 0 Å². The van der Waals surface area contributed by atoms with Crippen LogP contribution in [0.4, 0.5) is 0 Å². The van der Waals surface area contributed by atoms with E-state index in [0.717, 1.165) is 6.26 Å². The second kappa shape index (κ2) is 4.23. The quantitative estimate of drug-likeness (QED) is 0.737. The van der Waals surface area contributed by atoms with E-state index in [2.05, 4.69) is 10.1 Å². The van der Waals surface area contributed by atoms with Gasteiger partial charge in [0, 0.05) is 13.5 Å². The van der Waals surface area contributed by atoms with Crippen LogP contribution in [0.5, 0.6) is 0 Å². The highest BCUT2D eigenvalue weighted by Crippen LogP contribution is 2.13. The Bertz CT molecular complexity index is 318. The smallest absolute Gasteiger partial charge is 0.156 e. The first kappa shape index (κ1) is 10.7. The summed E-state index contributed by atoms with van der Waals surface area (Å²) in [5, 5.41) is 12.7. The molecule has 0 unspecified atom stereocenters. The summed E-state index contributed by atoms with van der Waals surface area (Å²) >= 11 is 0. The first-order valence-corrected chi connectivity index (χ1v) is 4.35. The van der Waals surface area contributed by atoms with Crippen LogP contribution in [0.15, 0.2) is 18.7 Å². The average molecular weight is 197 g/mol. The third-order valence-corrected chi connectivity index (χ3v) is 2.00. The maximum atomic E-state index is 8.47. The Morgan fingerprint density at radius 1 is 1.64 bits per heavy atom. The second-order valence-corrected chi connectivity index (χ2v) is 3.35. The van der Waals surface area contributed by atoms with Crippen LogP contribution >= 0.6 is 0 Å². The molecule has 0 radical (unpaired) electrons. The van der Waals surface area contributed by atoms with E-state index in [1.807, 2.05) is 13.8 Å². The predicted octanol–water partition coefficient (Wildman–Crippen LogP) is 1.23. The van der Waals surface area contributed by atoms with Gasteiger partial charge in [-0.05, 0) is 19.9 Å². The molecule has 0 bridgehead atoms. The van der Waals surface area contributed by atoms with Gasteiger partial charge in [0.15, 0.2) is 11.5 Å². The summed E-state index contributed by atoms with van der Waals surface area (Å²) in [6.45, 7) is 3.79. The molecule has 0 aliphatic carbocycles. The molecule has 78 valence electrons. The lowest BCUT2D eigenvalue weighted by atomic mass is 10.3. The minimum Gasteiger partial charge on any atom is -0.516 e. The van der Waals surface area contributed by atoms with Gasteiger partial charge in [0.05, 0.1) is 6.26 Å². The van der Waals surface area contributed by atoms with Gasteiger partial charge in [0.25, 0.3) is 0 Å². The molecule has 0 aliphatic rings. The Kier molecular flexibility index (Phi) is 3.24. The lowest BCUT2D eigenvalue weighted by Crippen LogP contribution is -2.28. The highest BCUT2D eigenvalue weighted by Gasteiger charge is 2.20. The average Bonchev–Trinajstić information content (AvgIpc) is 2.63. The van der Waals surface area contributed by atoms with E-state index >= 15 is 0 Å². The number of aromatic nitrogens is 3. The molecule has 0 saturated heterocycles. The van der Waals surface area contributed by atoms with Crippen molar-refractivity contribution in [2.75, 3.05) is 7.11 Å². The number of hydrogen-bond donors (Lipinski definition) is 1. The molecular formula is C9H15N3O2. The molecule has 0 atom stereocenters. The van der Waals surface area contributed by atoms with Crippen LogP contribution < -0.4 is 0 Å². The van der Waals surface area contributed by atoms with Crippen molar-refractivity contribution in [2.45, 2.75) is 26.0 Å². The fourth-order valence-electron chi connectivity index (χ4n) is 0.902. The number of rotatable bonds is 4. The summed E-state index contributed by atoms with van der Waals surface area (Å²) in [4.78, 5) is 4.08. The lowest BCUT2D eigenvalue weighted by molar-refractivity contribution is -0.0553. The van der Waals surface area contributed by atoms with Gasteiger partial charge in [0.1, 0.15) is 6.33 Å². The molecule has 1 aromatic rings. The van der Waals surface area contributed by atoms with Gasteiger partial charge in [-0.1, -0.05) is 0 Å². The number of hydrogen-bond acceptors (Lipinski definition) is 4. The van der Waals surface area contributed by atoms with Gasteiger partial charge in [0.2, 0.25) is 0 Å². The first-order chi connectivity index (χ1) is 6.60. The Hall–Kier alpha value is -1.36. The zero-order valence-electron chi connectivity index (χ0n) is 8.64. The molecule has 1 aromatic heterocycles. The van der Waals surface area contributed by atoms with Crippen molar-refractivity contribution in [3.63, 3.8) is 0 Å². The van der Waals surface area contributed by atoms with E-state index in [0.29, 0.717) is 12.2 Å². The monoisotopic (exact) mass is 197 g/mol. The van der Waals surface area contributed by atoms with Crippen LogP contribution in [0.25, 0.3) is 0 Å². The van der Waals surface area contributed by atoms with E-state index < -0.39 is 5.72 Å². The molecule has 1 N–H and O–H groups in total. The molecule has 1 rings (SSSR count). The summed E-state index contributed by atoms with van der Waals surface area (Å²) < 4.78 is 6.88. The van der Waals surface area contributed by atoms with E-state index in [1.165, 1.54) is 0 Å². The van der Waals surface area contributed by atoms with Crippen molar-refractivity contribution in [3.8, 4) is 0 Å². The normalized spacial score (nSPS) is 12.5. The molecule has 0 fully saturated rings. The molecule has 5 nitrogen and oxygen atoms in total. The Balaban J connectivity index is 2.77. The van der Waals surface area contributed by atoms with Gasteiger partial charge in [-0.25, -0.2) is 9.67 Å². The topological polar surface area (TPSA) is 60.2 Å². The van der Waals surface area contributed by atoms with Crippen molar-refractivity contribution < 1.29 is 9.84 Å². The first-order valence-electron chi connectivity index (χ1n) is 4.35. The van der Waals surface area contributed by atoms with E-state index in [9.17, 15) is 0 Å². The number of nitrogens with zero attached hydrogens (tertiary/aromatic N) is 3. The summed E-state index contributed by atoms with van der Waals surface area (Å²) in [5.74, 6) is 0.653. The summed E-state index contributed by atoms with van der Waals surface area (Å²) in [6, 6.07) is 0. The summed E-state index contributed by atoms with van der Waals surface area (Å²) in [5.41, 5.74) is -0.492. The van der Waals surface area contributed by atoms with Crippen molar-refractivity contribution in [1.29, 1.82) is 0 Å². The SMILES string of the molecule is COC(C)(C)n1cnc(CC=CO)n1. The number of methoxy groups -OCH3 is 1. The number of aliphatic hydroxyl groups excluding tert-OH is 1. The number of allylic oxidation sites excluding steroid dienone is 1. The van der Waals surface area contributed by atoms with Crippen LogP contribution in [-0.2, 0) is 16.9 Å². The third-order valence-electron chi connectivity index (χ3n) is 2.00. The molecule has 5 heteroatoms. The number of ether oxygens (including phenoxy) is 1. The minimum absolute atomic E-state index is 0.492. The molecule has 1 heterocycles. The van der Waals surface area contributed by atoms with Crippen LogP contribution in [0, 0.1) is 0 Å². The molecule has 0 aliphatic heterocycles. The third kappa shape index (κ3) is 2.32. The molecule has 0 amide bonds. The van der Waals surface area contributed by atoms with Crippen LogP contribution in [0.3, 0.4) is 0 Å². The maximum Gasteiger partial charge on any atom is 0.156 e. The van der Waals surface area contributed by atoms with Crippen LogP contribution in [0.2, 0.25) is 0 Å². The fraction of sp³-hybridized carbons (Fsp3) is 0.556. The molecule has 0 saturated carbocycles. The van der Waals surface area contributed by atoms with Crippen LogP contribution in [-0.4, -0.2) is 27.0 Å². The largest absolute Gasteiger partial charge is 0.516 e. The Labute approximate surface area is 83.0 Å². The van der Waals surface area contributed by atoms with Gasteiger partial charge in [-0.15, -0.1) is 0 Å². The molecular weight excluding hydrogens is 182 g/mol. The van der Waals surface area contributed by atoms with Gasteiger partial charge >= 0.3 is 0 Å². The van der Waals surface area contributed by atoms with E-state index in [-0.39, 0.29) is 0 Å².